The van der Waals surface area contributed by atoms with Crippen molar-refractivity contribution < 1.29 is 19.1 Å². The van der Waals surface area contributed by atoms with Crippen molar-refractivity contribution in [3.05, 3.63) is 10.5 Å². The molecule has 0 saturated carbocycles. The van der Waals surface area contributed by atoms with Crippen LogP contribution in [0.2, 0.25) is 0 Å². The van der Waals surface area contributed by atoms with Gasteiger partial charge in [0.1, 0.15) is 0 Å². The van der Waals surface area contributed by atoms with E-state index in [1.54, 1.807) is 6.92 Å². The lowest BCUT2D eigenvalue weighted by atomic mass is 9.82. The third-order valence-electron chi connectivity index (χ3n) is 3.62. The molecule has 0 aromatic rings. The molecule has 1 saturated heterocycles. The van der Waals surface area contributed by atoms with Gasteiger partial charge >= 0.3 is 5.97 Å². The summed E-state index contributed by atoms with van der Waals surface area (Å²) >= 11 is 1.16. The number of rotatable bonds is 3. The number of carbonyl (C=O) groups excluding carboxylic acids is 2. The van der Waals surface area contributed by atoms with E-state index in [0.717, 1.165) is 49.0 Å². The van der Waals surface area contributed by atoms with Crippen LogP contribution in [0.3, 0.4) is 0 Å². The van der Waals surface area contributed by atoms with E-state index >= 15 is 0 Å². The van der Waals surface area contributed by atoms with E-state index < -0.39 is 0 Å². The van der Waals surface area contributed by atoms with Gasteiger partial charge in [-0.15, -0.1) is 0 Å². The van der Waals surface area contributed by atoms with Crippen molar-refractivity contribution in [3.63, 3.8) is 0 Å². The van der Waals surface area contributed by atoms with Gasteiger partial charge < -0.3 is 9.47 Å². The summed E-state index contributed by atoms with van der Waals surface area (Å²) in [5.74, 6) is -0.291. The fourth-order valence-electron chi connectivity index (χ4n) is 2.78. The zero-order chi connectivity index (χ0) is 13.9. The molecule has 1 aliphatic heterocycles. The van der Waals surface area contributed by atoms with Gasteiger partial charge in [0.2, 0.25) is 0 Å². The van der Waals surface area contributed by atoms with Crippen LogP contribution in [0, 0.1) is 0 Å². The van der Waals surface area contributed by atoms with Gasteiger partial charge in [0.25, 0.3) is 0 Å². The van der Waals surface area contributed by atoms with Gasteiger partial charge in [0.05, 0.1) is 12.2 Å². The lowest BCUT2D eigenvalue weighted by Gasteiger charge is -2.34. The molecule has 1 fully saturated rings. The van der Waals surface area contributed by atoms with E-state index in [-0.39, 0.29) is 16.7 Å². The number of ether oxygens (including phenoxy) is 2. The van der Waals surface area contributed by atoms with Crippen LogP contribution in [-0.4, -0.2) is 29.9 Å². The first-order chi connectivity index (χ1) is 9.06. The molecule has 5 heteroatoms. The Morgan fingerprint density at radius 1 is 1.42 bits per heavy atom. The molecule has 1 atom stereocenters. The Morgan fingerprint density at radius 3 is 2.79 bits per heavy atom. The second-order valence-corrected chi connectivity index (χ2v) is 6.30. The number of thioether (sulfide) groups is 1. The van der Waals surface area contributed by atoms with Gasteiger partial charge in [0, 0.05) is 30.4 Å². The van der Waals surface area contributed by atoms with Crippen molar-refractivity contribution in [2.24, 2.45) is 0 Å². The highest BCUT2D eigenvalue weighted by atomic mass is 32.2. The molecule has 1 aliphatic carbocycles. The second kappa shape index (κ2) is 6.09. The molecule has 1 spiro atoms. The summed E-state index contributed by atoms with van der Waals surface area (Å²) in [5.41, 5.74) is 0.457. The summed E-state index contributed by atoms with van der Waals surface area (Å²) in [6, 6.07) is 0. The largest absolute Gasteiger partial charge is 0.463 e. The highest BCUT2D eigenvalue weighted by Gasteiger charge is 2.41. The first kappa shape index (κ1) is 14.6. The van der Waals surface area contributed by atoms with Crippen LogP contribution >= 0.6 is 11.8 Å². The van der Waals surface area contributed by atoms with E-state index in [2.05, 4.69) is 0 Å². The van der Waals surface area contributed by atoms with Crippen molar-refractivity contribution in [2.45, 2.75) is 51.6 Å². The summed E-state index contributed by atoms with van der Waals surface area (Å²) in [5, 5.41) is 0.0140. The molecule has 0 N–H and O–H groups in total. The maximum Gasteiger partial charge on any atom is 0.334 e. The number of hydrogen-bond acceptors (Lipinski definition) is 5. The Bertz CT molecular complexity index is 408. The molecule has 0 radical (unpaired) electrons. The molecule has 0 aromatic heterocycles. The van der Waals surface area contributed by atoms with Crippen LogP contribution in [0.4, 0.5) is 0 Å². The first-order valence-electron chi connectivity index (χ1n) is 6.78. The molecule has 1 heterocycles. The summed E-state index contributed by atoms with van der Waals surface area (Å²) in [6.45, 7) is 4.44. The highest BCUT2D eigenvalue weighted by molar-refractivity contribution is 8.16. The summed E-state index contributed by atoms with van der Waals surface area (Å²) in [4.78, 5) is 24.2. The number of allylic oxidation sites excluding steroid dienone is 1. The average Bonchev–Trinajstić information content (AvgIpc) is 2.80. The highest BCUT2D eigenvalue weighted by Crippen LogP contribution is 2.45. The van der Waals surface area contributed by atoms with Gasteiger partial charge in [-0.25, -0.2) is 4.79 Å². The van der Waals surface area contributed by atoms with Crippen LogP contribution in [0.5, 0.6) is 0 Å². The minimum atomic E-state index is -0.291. The number of carbonyl (C=O) groups is 2. The van der Waals surface area contributed by atoms with Gasteiger partial charge in [-0.1, -0.05) is 11.8 Å². The molecular formula is C14H20O4S. The second-order valence-electron chi connectivity index (χ2n) is 5.03. The molecule has 1 unspecified atom stereocenters. The van der Waals surface area contributed by atoms with Gasteiger partial charge in [-0.2, -0.15) is 0 Å². The molecule has 0 bridgehead atoms. The molecular weight excluding hydrogens is 264 g/mol. The third-order valence-corrected chi connectivity index (χ3v) is 4.60. The molecule has 106 valence electrons. The zero-order valence-corrected chi connectivity index (χ0v) is 12.3. The SMILES string of the molecule is CCOC(=O)C1=C(SC(C)=O)CCC2(CCCO2)C1. The van der Waals surface area contributed by atoms with Gasteiger partial charge in [-0.3, -0.25) is 4.79 Å². The maximum absolute atomic E-state index is 12.1. The first-order valence-corrected chi connectivity index (χ1v) is 7.59. The smallest absolute Gasteiger partial charge is 0.334 e. The van der Waals surface area contributed by atoms with Crippen molar-refractivity contribution in [2.75, 3.05) is 13.2 Å². The molecule has 2 rings (SSSR count). The summed E-state index contributed by atoms with van der Waals surface area (Å²) < 4.78 is 11.0. The summed E-state index contributed by atoms with van der Waals surface area (Å²) in [7, 11) is 0. The van der Waals surface area contributed by atoms with Crippen LogP contribution in [-0.2, 0) is 19.1 Å². The Hall–Kier alpha value is -0.810. The molecule has 0 aromatic carbocycles. The predicted octanol–water partition coefficient (Wildman–Crippen LogP) is 2.82. The van der Waals surface area contributed by atoms with E-state index in [0.29, 0.717) is 18.6 Å². The van der Waals surface area contributed by atoms with Crippen LogP contribution in [0.25, 0.3) is 0 Å². The van der Waals surface area contributed by atoms with Gasteiger partial charge in [-0.05, 0) is 32.6 Å². The Labute approximate surface area is 117 Å². The molecule has 19 heavy (non-hydrogen) atoms. The minimum Gasteiger partial charge on any atom is -0.463 e. The van der Waals surface area contributed by atoms with Gasteiger partial charge in [0.15, 0.2) is 5.12 Å². The Morgan fingerprint density at radius 2 is 2.21 bits per heavy atom. The van der Waals surface area contributed by atoms with Crippen LogP contribution in [0.15, 0.2) is 10.5 Å². The normalized spacial score (nSPS) is 26.8. The van der Waals surface area contributed by atoms with E-state index in [4.69, 9.17) is 9.47 Å². The molecule has 2 aliphatic rings. The van der Waals surface area contributed by atoms with Crippen molar-refractivity contribution in [3.8, 4) is 0 Å². The number of esters is 1. The quantitative estimate of drug-likeness (QED) is 0.746. The maximum atomic E-state index is 12.1. The van der Waals surface area contributed by atoms with E-state index in [1.165, 1.54) is 6.92 Å². The fraction of sp³-hybridized carbons (Fsp3) is 0.714. The average molecular weight is 284 g/mol. The molecule has 4 nitrogen and oxygen atoms in total. The summed E-state index contributed by atoms with van der Waals surface area (Å²) in [6.07, 6.45) is 4.25. The Kier molecular flexibility index (Phi) is 4.68. The van der Waals surface area contributed by atoms with E-state index in [1.807, 2.05) is 0 Å². The van der Waals surface area contributed by atoms with Crippen molar-refractivity contribution in [1.82, 2.24) is 0 Å². The van der Waals surface area contributed by atoms with Crippen molar-refractivity contribution >= 4 is 22.8 Å². The van der Waals surface area contributed by atoms with Crippen molar-refractivity contribution in [1.29, 1.82) is 0 Å². The Balaban J connectivity index is 2.22. The topological polar surface area (TPSA) is 52.6 Å². The molecule has 0 amide bonds. The van der Waals surface area contributed by atoms with Crippen LogP contribution in [0.1, 0.15) is 46.0 Å². The third kappa shape index (κ3) is 3.39. The number of hydrogen-bond donors (Lipinski definition) is 0. The standard InChI is InChI=1S/C14H20O4S/c1-3-17-13(16)11-9-14(6-4-8-18-14)7-5-12(11)19-10(2)15/h3-9H2,1-2H3. The monoisotopic (exact) mass is 284 g/mol. The zero-order valence-electron chi connectivity index (χ0n) is 11.5. The fourth-order valence-corrected chi connectivity index (χ4v) is 3.61. The lowest BCUT2D eigenvalue weighted by molar-refractivity contribution is -0.139. The lowest BCUT2D eigenvalue weighted by Crippen LogP contribution is -2.33. The minimum absolute atomic E-state index is 0.0140. The predicted molar refractivity (Wildman–Crippen MR) is 73.7 cm³/mol. The van der Waals surface area contributed by atoms with E-state index in [9.17, 15) is 9.59 Å². The van der Waals surface area contributed by atoms with Crippen LogP contribution < -0.4 is 0 Å².